The highest BCUT2D eigenvalue weighted by atomic mass is 15.2. The maximum atomic E-state index is 9.34. The van der Waals surface area contributed by atoms with Crippen LogP contribution in [-0.2, 0) is 0 Å². The highest BCUT2D eigenvalue weighted by Crippen LogP contribution is 2.51. The van der Waals surface area contributed by atoms with Gasteiger partial charge >= 0.3 is 0 Å². The van der Waals surface area contributed by atoms with E-state index in [2.05, 4.69) is 262 Å². The molecule has 0 radical (unpaired) electrons. The predicted octanol–water partition coefficient (Wildman–Crippen LogP) is 18.3. The van der Waals surface area contributed by atoms with Gasteiger partial charge in [-0.1, -0.05) is 200 Å². The molecule has 0 atom stereocenters. The summed E-state index contributed by atoms with van der Waals surface area (Å²) in [6.07, 6.45) is 0. The van der Waals surface area contributed by atoms with Crippen molar-refractivity contribution >= 4 is 113 Å². The summed E-state index contributed by atoms with van der Waals surface area (Å²) >= 11 is 0. The molecule has 0 bridgehead atoms. The van der Waals surface area contributed by atoms with E-state index in [1.54, 1.807) is 0 Å². The minimum absolute atomic E-state index is 0.175. The number of hydrogen-bond donors (Lipinski definition) is 0. The number of nitrogens with zero attached hydrogens (tertiary/aromatic N) is 4. The van der Waals surface area contributed by atoms with Crippen LogP contribution in [0.4, 0.5) is 68.2 Å². The zero-order chi connectivity index (χ0) is 56.6. The molecule has 0 aliphatic carbocycles. The molecule has 2 heterocycles. The van der Waals surface area contributed by atoms with E-state index in [9.17, 15) is 2.74 Å². The molecule has 2 aliphatic rings. The molecule has 15 rings (SSSR count). The number of rotatable bonds is 10. The van der Waals surface area contributed by atoms with Crippen LogP contribution in [0.2, 0.25) is 0 Å². The Balaban J connectivity index is 1.07. The van der Waals surface area contributed by atoms with Gasteiger partial charge in [0, 0.05) is 68.2 Å². The van der Waals surface area contributed by atoms with Crippen LogP contribution in [0.15, 0.2) is 309 Å². The largest absolute Gasteiger partial charge is 0.311 e. The molecule has 13 aromatic rings. The van der Waals surface area contributed by atoms with E-state index in [0.29, 0.717) is 5.56 Å². The van der Waals surface area contributed by atoms with Crippen LogP contribution in [-0.4, -0.2) is 6.71 Å². The van der Waals surface area contributed by atoms with Crippen LogP contribution in [0.25, 0.3) is 43.8 Å². The van der Waals surface area contributed by atoms with Crippen molar-refractivity contribution in [3.8, 4) is 22.3 Å². The zero-order valence-electron chi connectivity index (χ0n) is 47.9. The molecule has 370 valence electrons. The van der Waals surface area contributed by atoms with E-state index in [1.165, 1.54) is 0 Å². The Morgan fingerprint density at radius 3 is 0.987 bits per heavy atom. The van der Waals surface area contributed by atoms with Crippen LogP contribution < -0.4 is 36.0 Å². The molecular weight excluding hydrogens is 956 g/mol. The SMILES string of the molecule is [2H]c1c([2H])c([2H])c(-c2c3ccccc3c(-c3cc4c5c(c3)N(c3ccccc3)c3cc(N(c6ccccc6)c6ccccc6)ccc3B5c3ccc(N(c5ccccc5)c5ccccc5)cc3N4c3ccccc3)c3ccccc23)c([2H])c1[2H]. The maximum absolute atomic E-state index is 9.34. The lowest BCUT2D eigenvalue weighted by molar-refractivity contribution is 1.23. The van der Waals surface area contributed by atoms with Gasteiger partial charge in [-0.3, -0.25) is 0 Å². The smallest absolute Gasteiger partial charge is 0.252 e. The molecule has 4 nitrogen and oxygen atoms in total. The summed E-state index contributed by atoms with van der Waals surface area (Å²) in [7, 11) is 0. The average Bonchev–Trinajstić information content (AvgIpc) is 0.851. The van der Waals surface area contributed by atoms with E-state index in [-0.39, 0.29) is 36.4 Å². The molecule has 0 amide bonds. The first-order chi connectivity index (χ1) is 41.3. The summed E-state index contributed by atoms with van der Waals surface area (Å²) in [6, 6.07) is 97.0. The van der Waals surface area contributed by atoms with Gasteiger partial charge in [0.25, 0.3) is 6.71 Å². The van der Waals surface area contributed by atoms with E-state index >= 15 is 0 Å². The van der Waals surface area contributed by atoms with Crippen LogP contribution >= 0.6 is 0 Å². The van der Waals surface area contributed by atoms with Gasteiger partial charge in [-0.15, -0.1) is 0 Å². The van der Waals surface area contributed by atoms with Crippen LogP contribution in [0.1, 0.15) is 6.85 Å². The second kappa shape index (κ2) is 19.3. The Morgan fingerprint density at radius 1 is 0.291 bits per heavy atom. The van der Waals surface area contributed by atoms with Crippen molar-refractivity contribution in [3.05, 3.63) is 309 Å². The Hall–Kier alpha value is -10.4. The Morgan fingerprint density at radius 2 is 0.620 bits per heavy atom. The molecule has 0 aromatic heterocycles. The highest BCUT2D eigenvalue weighted by Gasteiger charge is 2.44. The summed E-state index contributed by atoms with van der Waals surface area (Å²) in [5, 5.41) is 3.34. The summed E-state index contributed by atoms with van der Waals surface area (Å²) in [5.41, 5.74) is 18.5. The minimum Gasteiger partial charge on any atom is -0.311 e. The van der Waals surface area contributed by atoms with Gasteiger partial charge in [0.05, 0.1) is 6.85 Å². The molecule has 2 aliphatic heterocycles. The molecule has 0 N–H and O–H groups in total. The molecule has 5 heteroatoms. The highest BCUT2D eigenvalue weighted by molar-refractivity contribution is 7.00. The van der Waals surface area contributed by atoms with Crippen LogP contribution in [0.5, 0.6) is 0 Å². The number of anilines is 12. The summed E-state index contributed by atoms with van der Waals surface area (Å²) in [5.74, 6) is 0. The van der Waals surface area contributed by atoms with Gasteiger partial charge in [-0.25, -0.2) is 0 Å². The van der Waals surface area contributed by atoms with Gasteiger partial charge in [-0.2, -0.15) is 0 Å². The fraction of sp³-hybridized carbons (Fsp3) is 0. The lowest BCUT2D eigenvalue weighted by Crippen LogP contribution is -2.61. The molecule has 13 aromatic carbocycles. The quantitative estimate of drug-likeness (QED) is 0.1000. The maximum Gasteiger partial charge on any atom is 0.252 e. The topological polar surface area (TPSA) is 13.0 Å². The monoisotopic (exact) mass is 1010 g/mol. The molecule has 0 fully saturated rings. The second-order valence-electron chi connectivity index (χ2n) is 20.0. The van der Waals surface area contributed by atoms with Gasteiger partial charge in [0.2, 0.25) is 0 Å². The van der Waals surface area contributed by atoms with Gasteiger partial charge < -0.3 is 19.6 Å². The number of fused-ring (bicyclic) bond motifs is 6. The third kappa shape index (κ3) is 7.77. The van der Waals surface area contributed by atoms with Crippen molar-refractivity contribution in [2.75, 3.05) is 19.6 Å². The molecule has 79 heavy (non-hydrogen) atoms. The standard InChI is InChI=1S/C74H51BN4/c1-8-26-52(27-9-1)72-62-40-22-24-42-64(62)73(65-43-25-23-41-63(65)72)53-48-70-74-71(49-53)79(59-38-20-7-21-39-59)69-51-61(77(56-32-14-4-15-33-56)57-34-16-5-17-35-57)45-47-67(69)75(74)66-46-44-60(50-68(66)78(70)58-36-18-6-19-37-58)76(54-28-10-2-11-29-54)55-30-12-3-13-31-55/h1-51H/i1D,8D,9D,26D,27D. The van der Waals surface area contributed by atoms with E-state index in [4.69, 9.17) is 4.11 Å². The van der Waals surface area contributed by atoms with Crippen molar-refractivity contribution in [1.82, 2.24) is 0 Å². The van der Waals surface area contributed by atoms with Crippen LogP contribution in [0.3, 0.4) is 0 Å². The molecule has 0 saturated heterocycles. The van der Waals surface area contributed by atoms with E-state index < -0.39 is 6.04 Å². The summed E-state index contributed by atoms with van der Waals surface area (Å²) in [6.45, 7) is -0.235. The fourth-order valence-corrected chi connectivity index (χ4v) is 12.4. The van der Waals surface area contributed by atoms with Crippen molar-refractivity contribution in [2.45, 2.75) is 0 Å². The van der Waals surface area contributed by atoms with E-state index in [1.807, 2.05) is 36.4 Å². The fourth-order valence-electron chi connectivity index (χ4n) is 12.4. The third-order valence-corrected chi connectivity index (χ3v) is 15.6. The molecule has 0 unspecified atom stereocenters. The number of hydrogen-bond acceptors (Lipinski definition) is 4. The predicted molar refractivity (Wildman–Crippen MR) is 336 cm³/mol. The Labute approximate surface area is 468 Å². The van der Waals surface area contributed by atoms with Crippen molar-refractivity contribution < 1.29 is 6.85 Å². The van der Waals surface area contributed by atoms with Crippen molar-refractivity contribution in [1.29, 1.82) is 0 Å². The summed E-state index contributed by atoms with van der Waals surface area (Å²) < 4.78 is 44.9. The van der Waals surface area contributed by atoms with Crippen LogP contribution in [0, 0.1) is 0 Å². The zero-order valence-corrected chi connectivity index (χ0v) is 42.9. The van der Waals surface area contributed by atoms with Crippen molar-refractivity contribution in [3.63, 3.8) is 0 Å². The first kappa shape index (κ1) is 40.9. The lowest BCUT2D eigenvalue weighted by atomic mass is 9.33. The summed E-state index contributed by atoms with van der Waals surface area (Å²) in [4.78, 5) is 9.56. The lowest BCUT2D eigenvalue weighted by Gasteiger charge is -2.45. The van der Waals surface area contributed by atoms with E-state index in [0.717, 1.165) is 117 Å². The first-order valence-electron chi connectivity index (χ1n) is 29.3. The van der Waals surface area contributed by atoms with Crippen molar-refractivity contribution in [2.24, 2.45) is 0 Å². The van der Waals surface area contributed by atoms with Gasteiger partial charge in [0.1, 0.15) is 0 Å². The molecule has 0 spiro atoms. The second-order valence-corrected chi connectivity index (χ2v) is 20.0. The first-order valence-corrected chi connectivity index (χ1v) is 26.8. The van der Waals surface area contributed by atoms with Gasteiger partial charge in [0.15, 0.2) is 0 Å². The number of benzene rings is 13. The third-order valence-electron chi connectivity index (χ3n) is 15.6. The Bertz CT molecular complexity index is 4330. The molecule has 0 saturated carbocycles. The molecular formula is C74H51BN4. The Kier molecular flexibility index (Phi) is 10.0. The normalized spacial score (nSPS) is 13.1. The minimum atomic E-state index is -0.422. The average molecular weight is 1010 g/mol. The number of para-hydroxylation sites is 6. The van der Waals surface area contributed by atoms with Gasteiger partial charge in [-0.05, 0) is 169 Å².